The monoisotopic (exact) mass is 475 g/mol. The zero-order chi connectivity index (χ0) is 24.7. The van der Waals surface area contributed by atoms with E-state index in [9.17, 15) is 18.4 Å². The summed E-state index contributed by atoms with van der Waals surface area (Å²) in [7, 11) is 1.64. The number of carbonyl (C=O) groups is 2. The standard InChI is InChI=1S/C22H15F2N9O2/c1-33-31-20(30-32-33)10-3-2-4-11(7-10)29-22-15-13(8-26-21(15)27-9-28-22)18(34)16-14(23)6-5-12(17(16)24)19(25)35/h2-9H,1H3,(H2,25,35)(H2,26,27,28,29). The number of amides is 1. The number of anilines is 2. The van der Waals surface area contributed by atoms with Crippen molar-refractivity contribution in [1.82, 2.24) is 35.2 Å². The summed E-state index contributed by atoms with van der Waals surface area (Å²) in [5.41, 5.74) is 5.03. The lowest BCUT2D eigenvalue weighted by Crippen LogP contribution is -2.17. The number of nitrogens with one attached hydrogen (secondary N) is 2. The summed E-state index contributed by atoms with van der Waals surface area (Å²) in [5, 5.41) is 15.2. The van der Waals surface area contributed by atoms with Gasteiger partial charge in [-0.3, -0.25) is 9.59 Å². The first-order valence-corrected chi connectivity index (χ1v) is 10.1. The van der Waals surface area contributed by atoms with E-state index in [2.05, 4.69) is 35.7 Å². The minimum Gasteiger partial charge on any atom is -0.366 e. The van der Waals surface area contributed by atoms with Gasteiger partial charge in [-0.25, -0.2) is 18.7 Å². The van der Waals surface area contributed by atoms with Crippen molar-refractivity contribution < 1.29 is 18.4 Å². The van der Waals surface area contributed by atoms with Crippen LogP contribution in [0, 0.1) is 11.6 Å². The van der Waals surface area contributed by atoms with Gasteiger partial charge in [0.25, 0.3) is 5.91 Å². The largest absolute Gasteiger partial charge is 0.366 e. The van der Waals surface area contributed by atoms with Gasteiger partial charge in [-0.15, -0.1) is 10.2 Å². The summed E-state index contributed by atoms with van der Waals surface area (Å²) < 4.78 is 29.3. The normalized spacial score (nSPS) is 11.1. The maximum Gasteiger partial charge on any atom is 0.251 e. The van der Waals surface area contributed by atoms with Gasteiger partial charge in [-0.1, -0.05) is 12.1 Å². The molecule has 0 fully saturated rings. The second-order valence-electron chi connectivity index (χ2n) is 7.43. The number of nitrogens with two attached hydrogens (primary N) is 1. The number of nitrogens with zero attached hydrogens (tertiary/aromatic N) is 6. The van der Waals surface area contributed by atoms with Gasteiger partial charge in [-0.2, -0.15) is 4.80 Å². The molecule has 3 heterocycles. The van der Waals surface area contributed by atoms with Gasteiger partial charge < -0.3 is 16.0 Å². The van der Waals surface area contributed by atoms with Crippen molar-refractivity contribution in [3.05, 3.63) is 77.2 Å². The molecule has 0 saturated carbocycles. The Balaban J connectivity index is 1.58. The number of aryl methyl sites for hydroxylation is 1. The van der Waals surface area contributed by atoms with Crippen LogP contribution in [0.3, 0.4) is 0 Å². The number of fused-ring (bicyclic) bond motifs is 1. The number of benzene rings is 2. The fourth-order valence-electron chi connectivity index (χ4n) is 3.59. The van der Waals surface area contributed by atoms with Gasteiger partial charge in [0.15, 0.2) is 0 Å². The lowest BCUT2D eigenvalue weighted by molar-refractivity contribution is 0.0996. The Morgan fingerprint density at radius 2 is 1.94 bits per heavy atom. The lowest BCUT2D eigenvalue weighted by atomic mass is 9.99. The predicted molar refractivity (Wildman–Crippen MR) is 120 cm³/mol. The number of halogens is 2. The average Bonchev–Trinajstić information content (AvgIpc) is 3.46. The molecule has 0 saturated heterocycles. The molecule has 5 rings (SSSR count). The van der Waals surface area contributed by atoms with Crippen molar-refractivity contribution in [2.24, 2.45) is 12.8 Å². The van der Waals surface area contributed by atoms with E-state index < -0.39 is 34.5 Å². The van der Waals surface area contributed by atoms with Crippen LogP contribution in [-0.4, -0.2) is 46.8 Å². The van der Waals surface area contributed by atoms with E-state index in [-0.39, 0.29) is 22.4 Å². The van der Waals surface area contributed by atoms with Crippen LogP contribution in [0.2, 0.25) is 0 Å². The van der Waals surface area contributed by atoms with Crippen molar-refractivity contribution in [2.45, 2.75) is 0 Å². The lowest BCUT2D eigenvalue weighted by Gasteiger charge is -2.10. The zero-order valence-electron chi connectivity index (χ0n) is 18.0. The van der Waals surface area contributed by atoms with Crippen molar-refractivity contribution in [2.75, 3.05) is 5.32 Å². The SMILES string of the molecule is Cn1nnc(-c2cccc(Nc3ncnc4[nH]cc(C(=O)c5c(F)ccc(C(N)=O)c5F)c34)c2)n1. The van der Waals surface area contributed by atoms with E-state index >= 15 is 0 Å². The summed E-state index contributed by atoms with van der Waals surface area (Å²) in [4.78, 5) is 37.1. The predicted octanol–water partition coefficient (Wildman–Crippen LogP) is 2.50. The van der Waals surface area contributed by atoms with Crippen molar-refractivity contribution in [1.29, 1.82) is 0 Å². The first kappa shape index (κ1) is 21.8. The Labute approximate surface area is 195 Å². The molecule has 4 N–H and O–H groups in total. The second kappa shape index (κ2) is 8.37. The molecule has 5 aromatic rings. The van der Waals surface area contributed by atoms with E-state index in [4.69, 9.17) is 5.73 Å². The second-order valence-corrected chi connectivity index (χ2v) is 7.43. The van der Waals surface area contributed by atoms with Crippen molar-refractivity contribution in [3.63, 3.8) is 0 Å². The number of rotatable bonds is 6. The van der Waals surface area contributed by atoms with Gasteiger partial charge in [-0.05, 0) is 29.5 Å². The number of hydrogen-bond donors (Lipinski definition) is 3. The van der Waals surface area contributed by atoms with Gasteiger partial charge >= 0.3 is 0 Å². The van der Waals surface area contributed by atoms with Crippen LogP contribution in [0.15, 0.2) is 48.9 Å². The Hall–Kier alpha value is -5.07. The van der Waals surface area contributed by atoms with E-state index in [1.54, 1.807) is 31.3 Å². The molecule has 174 valence electrons. The van der Waals surface area contributed by atoms with Crippen molar-refractivity contribution in [3.8, 4) is 11.4 Å². The third-order valence-corrected chi connectivity index (χ3v) is 5.19. The molecule has 0 aliphatic carbocycles. The number of H-pyrrole nitrogens is 1. The topological polar surface area (TPSA) is 157 Å². The van der Waals surface area contributed by atoms with Crippen LogP contribution in [0.1, 0.15) is 26.3 Å². The van der Waals surface area contributed by atoms with E-state index in [0.29, 0.717) is 17.1 Å². The fraction of sp³-hybridized carbons (Fsp3) is 0.0455. The Kier molecular flexibility index (Phi) is 5.20. The summed E-state index contributed by atoms with van der Waals surface area (Å²) in [5.74, 6) is -4.00. The van der Waals surface area contributed by atoms with Crippen LogP contribution in [0.4, 0.5) is 20.3 Å². The Morgan fingerprint density at radius 3 is 2.69 bits per heavy atom. The van der Waals surface area contributed by atoms with Crippen LogP contribution < -0.4 is 11.1 Å². The number of tetrazole rings is 1. The van der Waals surface area contributed by atoms with Crippen molar-refractivity contribution >= 4 is 34.2 Å². The number of ketones is 1. The van der Waals surface area contributed by atoms with Crippen LogP contribution in [0.25, 0.3) is 22.4 Å². The molecule has 0 spiro atoms. The molecule has 35 heavy (non-hydrogen) atoms. The first-order chi connectivity index (χ1) is 16.8. The fourth-order valence-corrected chi connectivity index (χ4v) is 3.59. The molecule has 1 amide bonds. The third-order valence-electron chi connectivity index (χ3n) is 5.19. The molecule has 3 aromatic heterocycles. The summed E-state index contributed by atoms with van der Waals surface area (Å²) in [6, 6.07) is 8.74. The highest BCUT2D eigenvalue weighted by Crippen LogP contribution is 2.30. The number of hydrogen-bond acceptors (Lipinski definition) is 8. The number of aromatic nitrogens is 7. The van der Waals surface area contributed by atoms with Gasteiger partial charge in [0.05, 0.1) is 29.1 Å². The summed E-state index contributed by atoms with van der Waals surface area (Å²) in [6.07, 6.45) is 2.53. The molecular weight excluding hydrogens is 460 g/mol. The average molecular weight is 475 g/mol. The smallest absolute Gasteiger partial charge is 0.251 e. The summed E-state index contributed by atoms with van der Waals surface area (Å²) in [6.45, 7) is 0. The highest BCUT2D eigenvalue weighted by molar-refractivity contribution is 6.19. The molecular formula is C22H15F2N9O2. The molecule has 0 unspecified atom stereocenters. The van der Waals surface area contributed by atoms with Crippen LogP contribution in [-0.2, 0) is 7.05 Å². The van der Waals surface area contributed by atoms with Gasteiger partial charge in [0.2, 0.25) is 11.6 Å². The van der Waals surface area contributed by atoms with Gasteiger partial charge in [0.1, 0.15) is 29.4 Å². The Morgan fingerprint density at radius 1 is 1.11 bits per heavy atom. The maximum absolute atomic E-state index is 14.8. The molecule has 0 radical (unpaired) electrons. The van der Waals surface area contributed by atoms with Gasteiger partial charge in [0, 0.05) is 17.4 Å². The number of primary amides is 1. The number of aromatic amines is 1. The van der Waals surface area contributed by atoms with E-state index in [1.165, 1.54) is 17.3 Å². The zero-order valence-corrected chi connectivity index (χ0v) is 18.0. The molecule has 0 bridgehead atoms. The maximum atomic E-state index is 14.8. The Bertz CT molecular complexity index is 1630. The molecule has 13 heteroatoms. The molecule has 0 aliphatic rings. The van der Waals surface area contributed by atoms with Crippen LogP contribution >= 0.6 is 0 Å². The van der Waals surface area contributed by atoms with Crippen LogP contribution in [0.5, 0.6) is 0 Å². The molecule has 0 atom stereocenters. The minimum atomic E-state index is -1.34. The van der Waals surface area contributed by atoms with E-state index in [0.717, 1.165) is 12.1 Å². The quantitative estimate of drug-likeness (QED) is 0.316. The minimum absolute atomic E-state index is 0.103. The molecule has 2 aromatic carbocycles. The molecule has 11 nitrogen and oxygen atoms in total. The molecule has 0 aliphatic heterocycles. The third kappa shape index (κ3) is 3.84. The first-order valence-electron chi connectivity index (χ1n) is 10.1. The highest BCUT2D eigenvalue weighted by Gasteiger charge is 2.27. The van der Waals surface area contributed by atoms with E-state index in [1.807, 2.05) is 0 Å². The summed E-state index contributed by atoms with van der Waals surface area (Å²) >= 11 is 0. The highest BCUT2D eigenvalue weighted by atomic mass is 19.1. The number of carbonyl (C=O) groups excluding carboxylic acids is 2.